The summed E-state index contributed by atoms with van der Waals surface area (Å²) in [6.45, 7) is 1.04. The number of ether oxygens (including phenoxy) is 1. The van der Waals surface area contributed by atoms with Crippen LogP contribution in [0.2, 0.25) is 0 Å². The first-order valence-corrected chi connectivity index (χ1v) is 7.52. The molecule has 0 radical (unpaired) electrons. The number of rotatable bonds is 5. The molecule has 1 saturated carbocycles. The van der Waals surface area contributed by atoms with Crippen LogP contribution < -0.4 is 10.5 Å². The lowest BCUT2D eigenvalue weighted by Crippen LogP contribution is -2.55. The molecule has 0 aromatic carbocycles. The Morgan fingerprint density at radius 1 is 1.38 bits per heavy atom. The molecule has 5 nitrogen and oxygen atoms in total. The largest absolute Gasteiger partial charge is 0.377 e. The van der Waals surface area contributed by atoms with Crippen LogP contribution in [0, 0.1) is 0 Å². The SMILES string of the molecule is NC1(CNS(=O)(=O)CC2CCCO2)CCC1. The van der Waals surface area contributed by atoms with Crippen molar-refractivity contribution < 1.29 is 13.2 Å². The molecule has 1 unspecified atom stereocenters. The van der Waals surface area contributed by atoms with Gasteiger partial charge in [0.1, 0.15) is 0 Å². The molecule has 0 aromatic heterocycles. The van der Waals surface area contributed by atoms with Crippen LogP contribution in [0.25, 0.3) is 0 Å². The topological polar surface area (TPSA) is 81.4 Å². The zero-order valence-electron chi connectivity index (χ0n) is 9.44. The van der Waals surface area contributed by atoms with Crippen molar-refractivity contribution >= 4 is 10.0 Å². The van der Waals surface area contributed by atoms with E-state index in [1.54, 1.807) is 0 Å². The van der Waals surface area contributed by atoms with Gasteiger partial charge < -0.3 is 10.5 Å². The Hall–Kier alpha value is -0.170. The Balaban J connectivity index is 1.78. The van der Waals surface area contributed by atoms with E-state index in [1.807, 2.05) is 0 Å². The summed E-state index contributed by atoms with van der Waals surface area (Å²) in [5.41, 5.74) is 5.66. The van der Waals surface area contributed by atoms with E-state index in [2.05, 4.69) is 4.72 Å². The zero-order chi connectivity index (χ0) is 11.6. The summed E-state index contributed by atoms with van der Waals surface area (Å²) in [5, 5.41) is 0. The van der Waals surface area contributed by atoms with Crippen LogP contribution in [0.3, 0.4) is 0 Å². The standard InChI is InChI=1S/C10H20N2O3S/c11-10(4-2-5-10)8-12-16(13,14)7-9-3-1-6-15-9/h9,12H,1-8,11H2. The predicted octanol–water partition coefficient (Wildman–Crippen LogP) is -0.0338. The monoisotopic (exact) mass is 248 g/mol. The van der Waals surface area contributed by atoms with Gasteiger partial charge in [0, 0.05) is 18.7 Å². The second-order valence-corrected chi connectivity index (χ2v) is 6.80. The maximum absolute atomic E-state index is 11.7. The highest BCUT2D eigenvalue weighted by atomic mass is 32.2. The Bertz CT molecular complexity index is 332. The molecule has 94 valence electrons. The third kappa shape index (κ3) is 3.16. The molecule has 0 amide bonds. The number of hydrogen-bond donors (Lipinski definition) is 2. The minimum atomic E-state index is -3.23. The van der Waals surface area contributed by atoms with E-state index in [4.69, 9.17) is 10.5 Å². The van der Waals surface area contributed by atoms with E-state index >= 15 is 0 Å². The highest BCUT2D eigenvalue weighted by Gasteiger charge is 2.34. The Labute approximate surface area is 96.8 Å². The Kier molecular flexibility index (Phi) is 3.53. The third-order valence-corrected chi connectivity index (χ3v) is 4.82. The van der Waals surface area contributed by atoms with E-state index in [0.717, 1.165) is 32.1 Å². The summed E-state index contributed by atoms with van der Waals surface area (Å²) >= 11 is 0. The molecule has 1 saturated heterocycles. The summed E-state index contributed by atoms with van der Waals surface area (Å²) in [6, 6.07) is 0. The van der Waals surface area contributed by atoms with Gasteiger partial charge in [0.2, 0.25) is 10.0 Å². The molecule has 2 fully saturated rings. The van der Waals surface area contributed by atoms with Crippen molar-refractivity contribution in [1.29, 1.82) is 0 Å². The second kappa shape index (κ2) is 4.60. The van der Waals surface area contributed by atoms with Crippen LogP contribution in [-0.4, -0.2) is 39.0 Å². The molecule has 1 heterocycles. The smallest absolute Gasteiger partial charge is 0.214 e. The molecule has 6 heteroatoms. The van der Waals surface area contributed by atoms with Gasteiger partial charge in [0.05, 0.1) is 11.9 Å². The molecule has 2 rings (SSSR count). The van der Waals surface area contributed by atoms with Gasteiger partial charge in [-0.25, -0.2) is 13.1 Å². The number of sulfonamides is 1. The first kappa shape index (κ1) is 12.3. The minimum absolute atomic E-state index is 0.0725. The fourth-order valence-corrected chi connectivity index (χ4v) is 3.52. The van der Waals surface area contributed by atoms with Crippen molar-refractivity contribution in [2.75, 3.05) is 18.9 Å². The number of nitrogens with one attached hydrogen (secondary N) is 1. The van der Waals surface area contributed by atoms with Gasteiger partial charge in [-0.2, -0.15) is 0 Å². The van der Waals surface area contributed by atoms with E-state index in [0.29, 0.717) is 13.2 Å². The van der Waals surface area contributed by atoms with E-state index in [9.17, 15) is 8.42 Å². The lowest BCUT2D eigenvalue weighted by Gasteiger charge is -2.38. The van der Waals surface area contributed by atoms with Crippen LogP contribution in [0.4, 0.5) is 0 Å². The summed E-state index contributed by atoms with van der Waals surface area (Å²) in [7, 11) is -3.23. The first-order chi connectivity index (χ1) is 7.49. The third-order valence-electron chi connectivity index (χ3n) is 3.42. The van der Waals surface area contributed by atoms with Crippen LogP contribution in [-0.2, 0) is 14.8 Å². The van der Waals surface area contributed by atoms with Crippen molar-refractivity contribution in [2.24, 2.45) is 5.73 Å². The molecule has 1 atom stereocenters. The zero-order valence-corrected chi connectivity index (χ0v) is 10.3. The van der Waals surface area contributed by atoms with Gasteiger partial charge in [-0.3, -0.25) is 0 Å². The van der Waals surface area contributed by atoms with Crippen molar-refractivity contribution in [2.45, 2.75) is 43.7 Å². The quantitative estimate of drug-likeness (QED) is 0.715. The molecule has 3 N–H and O–H groups in total. The van der Waals surface area contributed by atoms with Crippen molar-refractivity contribution in [1.82, 2.24) is 4.72 Å². The van der Waals surface area contributed by atoms with Gasteiger partial charge >= 0.3 is 0 Å². The second-order valence-electron chi connectivity index (χ2n) is 4.95. The van der Waals surface area contributed by atoms with Gasteiger partial charge in [-0.15, -0.1) is 0 Å². The summed E-state index contributed by atoms with van der Waals surface area (Å²) in [6.07, 6.45) is 4.59. The van der Waals surface area contributed by atoms with Gasteiger partial charge in [0.15, 0.2) is 0 Å². The molecule has 2 aliphatic rings. The van der Waals surface area contributed by atoms with Crippen molar-refractivity contribution in [3.8, 4) is 0 Å². The average Bonchev–Trinajstić information content (AvgIpc) is 2.63. The maximum Gasteiger partial charge on any atom is 0.214 e. The molecule has 0 aromatic rings. The molecule has 16 heavy (non-hydrogen) atoms. The van der Waals surface area contributed by atoms with Gasteiger partial charge in [-0.05, 0) is 32.1 Å². The van der Waals surface area contributed by atoms with E-state index < -0.39 is 10.0 Å². The molecule has 0 bridgehead atoms. The van der Waals surface area contributed by atoms with Crippen LogP contribution >= 0.6 is 0 Å². The highest BCUT2D eigenvalue weighted by molar-refractivity contribution is 7.89. The molecular weight excluding hydrogens is 228 g/mol. The number of nitrogens with two attached hydrogens (primary N) is 1. The lowest BCUT2D eigenvalue weighted by atomic mass is 9.78. The van der Waals surface area contributed by atoms with Crippen LogP contribution in [0.15, 0.2) is 0 Å². The predicted molar refractivity (Wildman–Crippen MR) is 61.5 cm³/mol. The van der Waals surface area contributed by atoms with Gasteiger partial charge in [0.25, 0.3) is 0 Å². The fourth-order valence-electron chi connectivity index (χ4n) is 2.14. The first-order valence-electron chi connectivity index (χ1n) is 5.87. The van der Waals surface area contributed by atoms with Crippen molar-refractivity contribution in [3.05, 3.63) is 0 Å². The van der Waals surface area contributed by atoms with E-state index in [1.165, 1.54) is 0 Å². The van der Waals surface area contributed by atoms with Gasteiger partial charge in [-0.1, -0.05) is 0 Å². The lowest BCUT2D eigenvalue weighted by molar-refractivity contribution is 0.127. The number of hydrogen-bond acceptors (Lipinski definition) is 4. The Morgan fingerprint density at radius 2 is 2.12 bits per heavy atom. The Morgan fingerprint density at radius 3 is 2.62 bits per heavy atom. The average molecular weight is 248 g/mol. The van der Waals surface area contributed by atoms with Crippen molar-refractivity contribution in [3.63, 3.8) is 0 Å². The molecule has 1 aliphatic carbocycles. The molecule has 0 spiro atoms. The summed E-state index contributed by atoms with van der Waals surface area (Å²) < 4.78 is 31.4. The maximum atomic E-state index is 11.7. The normalized spacial score (nSPS) is 28.9. The highest BCUT2D eigenvalue weighted by Crippen LogP contribution is 2.28. The molecule has 1 aliphatic heterocycles. The minimum Gasteiger partial charge on any atom is -0.377 e. The summed E-state index contributed by atoms with van der Waals surface area (Å²) in [5.74, 6) is 0.0725. The van der Waals surface area contributed by atoms with E-state index in [-0.39, 0.29) is 17.4 Å². The summed E-state index contributed by atoms with van der Waals surface area (Å²) in [4.78, 5) is 0. The fraction of sp³-hybridized carbons (Fsp3) is 1.00. The molecular formula is C10H20N2O3S. The van der Waals surface area contributed by atoms with Crippen LogP contribution in [0.1, 0.15) is 32.1 Å². The van der Waals surface area contributed by atoms with Crippen LogP contribution in [0.5, 0.6) is 0 Å².